The topological polar surface area (TPSA) is 26.0 Å². The standard InChI is InChI=1S/C5H11.C2H5.Al.H2N/c1-4-5(2)3;1-2;;/h5H,2,4H2,1,3H3;1H2,2H3;;1H2/q;;+1;-1. The molecule has 0 rings (SSSR count). The average Bonchev–Trinajstić information content (AvgIpc) is 1.87. The molecule has 0 radical (unpaired) electrons. The van der Waals surface area contributed by atoms with Gasteiger partial charge in [0, 0.05) is 0 Å². The summed E-state index contributed by atoms with van der Waals surface area (Å²) in [4.78, 5) is 0. The van der Waals surface area contributed by atoms with Crippen LogP contribution in [0.5, 0.6) is 0 Å². The van der Waals surface area contributed by atoms with Gasteiger partial charge in [-0.1, -0.05) is 43.7 Å². The zero-order valence-corrected chi connectivity index (χ0v) is 8.01. The van der Waals surface area contributed by atoms with Crippen LogP contribution in [-0.4, -0.2) is 14.4 Å². The molecular weight excluding hydrogens is 125 g/mol. The molecule has 0 amide bonds. The minimum absolute atomic E-state index is 0.757. The number of hydrogen-bond donors (Lipinski definition) is 1. The summed E-state index contributed by atoms with van der Waals surface area (Å²) in [6.45, 7) is 6.74. The Morgan fingerprint density at radius 1 is 1.44 bits per heavy atom. The molecule has 0 saturated heterocycles. The van der Waals surface area contributed by atoms with Crippen LogP contribution in [0, 0.1) is 5.92 Å². The average molecular weight is 143 g/mol. The van der Waals surface area contributed by atoms with Crippen LogP contribution in [0.15, 0.2) is 0 Å². The van der Waals surface area contributed by atoms with Crippen LogP contribution in [0.2, 0.25) is 10.6 Å². The number of rotatable bonds is 4. The maximum Gasteiger partial charge on any atom is 0.367 e. The summed E-state index contributed by atoms with van der Waals surface area (Å²) in [6.07, 6.45) is 1.29. The van der Waals surface area contributed by atoms with Gasteiger partial charge in [0.05, 0.1) is 0 Å². The molecule has 0 aliphatic heterocycles. The Morgan fingerprint density at radius 2 is 2.00 bits per heavy atom. The van der Waals surface area contributed by atoms with Crippen molar-refractivity contribution in [2.45, 2.75) is 37.8 Å². The lowest BCUT2D eigenvalue weighted by atomic mass is 10.2. The third-order valence-corrected chi connectivity index (χ3v) is 4.39. The fraction of sp³-hybridized carbons (Fsp3) is 1.00. The van der Waals surface area contributed by atoms with Crippen LogP contribution in [0.1, 0.15) is 27.2 Å². The number of nitrogens with two attached hydrogens (primary N) is 1. The van der Waals surface area contributed by atoms with Gasteiger partial charge >= 0.3 is 14.4 Å². The van der Waals surface area contributed by atoms with Crippen molar-refractivity contribution < 1.29 is 0 Å². The lowest BCUT2D eigenvalue weighted by Gasteiger charge is -2.08. The summed E-state index contributed by atoms with van der Waals surface area (Å²) in [7, 11) is 0. The summed E-state index contributed by atoms with van der Waals surface area (Å²) in [5.41, 5.74) is 0. The molecule has 0 fully saturated rings. The van der Waals surface area contributed by atoms with Crippen LogP contribution in [0.4, 0.5) is 0 Å². The Bertz CT molecular complexity index is 57.9. The van der Waals surface area contributed by atoms with Crippen molar-refractivity contribution in [2.24, 2.45) is 10.6 Å². The maximum absolute atomic E-state index is 5.89. The van der Waals surface area contributed by atoms with Gasteiger partial charge in [0.2, 0.25) is 0 Å². The molecule has 0 heterocycles. The Hall–Kier alpha value is 0.492. The normalized spacial score (nSPS) is 13.3. The van der Waals surface area contributed by atoms with Gasteiger partial charge in [-0.3, -0.25) is 0 Å². The first-order valence-electron chi connectivity index (χ1n) is 3.96. The Kier molecular flexibility index (Phi) is 5.58. The van der Waals surface area contributed by atoms with E-state index in [1.807, 2.05) is 0 Å². The van der Waals surface area contributed by atoms with Crippen molar-refractivity contribution in [1.29, 1.82) is 0 Å². The van der Waals surface area contributed by atoms with Crippen molar-refractivity contribution in [3.05, 3.63) is 0 Å². The zero-order valence-electron chi connectivity index (χ0n) is 6.85. The van der Waals surface area contributed by atoms with Gasteiger partial charge in [0.1, 0.15) is 0 Å². The number of hydrogen-bond acceptors (Lipinski definition) is 1. The van der Waals surface area contributed by atoms with Crippen LogP contribution < -0.4 is 4.72 Å². The molecule has 1 unspecified atom stereocenters. The summed E-state index contributed by atoms with van der Waals surface area (Å²) in [5, 5.41) is 2.58. The van der Waals surface area contributed by atoms with E-state index in [4.69, 9.17) is 4.72 Å². The van der Waals surface area contributed by atoms with E-state index in [1.165, 1.54) is 17.0 Å². The molecule has 0 aromatic carbocycles. The second-order valence-corrected chi connectivity index (χ2v) is 5.73. The molecule has 9 heavy (non-hydrogen) atoms. The highest BCUT2D eigenvalue weighted by Gasteiger charge is 2.12. The van der Waals surface area contributed by atoms with Gasteiger partial charge in [-0.2, -0.15) is 0 Å². The van der Waals surface area contributed by atoms with E-state index in [2.05, 4.69) is 20.8 Å². The summed E-state index contributed by atoms with van der Waals surface area (Å²) < 4.78 is 5.89. The predicted octanol–water partition coefficient (Wildman–Crippen LogP) is 2.00. The molecule has 0 saturated carbocycles. The van der Waals surface area contributed by atoms with Crippen molar-refractivity contribution in [3.8, 4) is 0 Å². The molecule has 0 aliphatic carbocycles. The third-order valence-electron chi connectivity index (χ3n) is 1.93. The highest BCUT2D eigenvalue weighted by atomic mass is 27.2. The van der Waals surface area contributed by atoms with Gasteiger partial charge in [0.15, 0.2) is 0 Å². The van der Waals surface area contributed by atoms with E-state index in [0.29, 0.717) is 0 Å². The molecule has 2 N–H and O–H groups in total. The molecule has 0 aromatic heterocycles. The molecule has 0 aliphatic rings. The van der Waals surface area contributed by atoms with Crippen molar-refractivity contribution in [2.75, 3.05) is 0 Å². The van der Waals surface area contributed by atoms with Crippen molar-refractivity contribution in [1.82, 2.24) is 0 Å². The fourth-order valence-corrected chi connectivity index (χ4v) is 2.55. The van der Waals surface area contributed by atoms with Crippen molar-refractivity contribution >= 4 is 14.4 Å². The third kappa shape index (κ3) is 4.96. The Morgan fingerprint density at radius 3 is 2.33 bits per heavy atom. The first kappa shape index (κ1) is 9.49. The predicted molar refractivity (Wildman–Crippen MR) is 44.7 cm³/mol. The minimum atomic E-state index is -0.757. The highest BCUT2D eigenvalue weighted by molar-refractivity contribution is 6.55. The van der Waals surface area contributed by atoms with Gasteiger partial charge in [0.25, 0.3) is 0 Å². The van der Waals surface area contributed by atoms with E-state index in [0.717, 1.165) is 5.92 Å². The molecule has 1 atom stereocenters. The second-order valence-electron chi connectivity index (χ2n) is 2.92. The lowest BCUT2D eigenvalue weighted by Crippen LogP contribution is -2.26. The van der Waals surface area contributed by atoms with Crippen LogP contribution in [0.3, 0.4) is 0 Å². The quantitative estimate of drug-likeness (QED) is 0.598. The highest BCUT2D eigenvalue weighted by Crippen LogP contribution is 2.09. The fourth-order valence-electron chi connectivity index (χ4n) is 0.850. The van der Waals surface area contributed by atoms with Gasteiger partial charge in [-0.15, -0.1) is 0 Å². The molecule has 0 spiro atoms. The van der Waals surface area contributed by atoms with Crippen LogP contribution in [-0.2, 0) is 0 Å². The van der Waals surface area contributed by atoms with E-state index < -0.39 is 14.4 Å². The maximum atomic E-state index is 5.89. The van der Waals surface area contributed by atoms with Crippen LogP contribution >= 0.6 is 0 Å². The zero-order chi connectivity index (χ0) is 7.28. The van der Waals surface area contributed by atoms with E-state index in [1.54, 1.807) is 0 Å². The summed E-state index contributed by atoms with van der Waals surface area (Å²) in [6, 6.07) is 0. The first-order chi connectivity index (χ1) is 4.20. The second kappa shape index (κ2) is 5.29. The summed E-state index contributed by atoms with van der Waals surface area (Å²) >= 11 is -0.757. The minimum Gasteiger partial charge on any atom is -0.413 e. The van der Waals surface area contributed by atoms with E-state index >= 15 is 0 Å². The van der Waals surface area contributed by atoms with Gasteiger partial charge in [-0.05, 0) is 0 Å². The van der Waals surface area contributed by atoms with Crippen molar-refractivity contribution in [3.63, 3.8) is 0 Å². The van der Waals surface area contributed by atoms with Gasteiger partial charge < -0.3 is 4.72 Å². The Balaban J connectivity index is 3.22. The molecule has 0 bridgehead atoms. The van der Waals surface area contributed by atoms with Crippen LogP contribution in [0.25, 0.3) is 0 Å². The SMILES string of the molecule is CCC(C)[CH2][Al]([NH2])[CH2]C. The van der Waals surface area contributed by atoms with Gasteiger partial charge in [-0.25, -0.2) is 0 Å². The van der Waals surface area contributed by atoms with E-state index in [-0.39, 0.29) is 0 Å². The lowest BCUT2D eigenvalue weighted by molar-refractivity contribution is 0.617. The first-order valence-corrected chi connectivity index (χ1v) is 6.26. The molecule has 2 heteroatoms. The molecule has 54 valence electrons. The smallest absolute Gasteiger partial charge is 0.367 e. The molecule has 0 aromatic rings. The van der Waals surface area contributed by atoms with E-state index in [9.17, 15) is 0 Å². The summed E-state index contributed by atoms with van der Waals surface area (Å²) in [5.74, 6) is 0.867. The largest absolute Gasteiger partial charge is 0.413 e. The monoisotopic (exact) mass is 143 g/mol. The Labute approximate surface area is 63.2 Å². The molecular formula is C7H18AlN. The molecule has 1 nitrogen and oxygen atoms in total.